The standard InChI is InChI=1S/C9H16O2/c1-7(2)6-9(11)5-4-8(3)10/h4-5,7,9,11H,6H2,1-3H3. The van der Waals surface area contributed by atoms with E-state index in [-0.39, 0.29) is 5.78 Å². The Balaban J connectivity index is 3.68. The number of aliphatic hydroxyl groups is 1. The van der Waals surface area contributed by atoms with Gasteiger partial charge in [0.2, 0.25) is 0 Å². The summed E-state index contributed by atoms with van der Waals surface area (Å²) in [6, 6.07) is 0. The average molecular weight is 156 g/mol. The maximum absolute atomic E-state index is 10.4. The number of aliphatic hydroxyl groups excluding tert-OH is 1. The van der Waals surface area contributed by atoms with Crippen molar-refractivity contribution in [3.05, 3.63) is 12.2 Å². The van der Waals surface area contributed by atoms with E-state index in [0.29, 0.717) is 12.3 Å². The van der Waals surface area contributed by atoms with Gasteiger partial charge >= 0.3 is 0 Å². The van der Waals surface area contributed by atoms with E-state index < -0.39 is 6.10 Å². The minimum Gasteiger partial charge on any atom is -0.389 e. The van der Waals surface area contributed by atoms with Crippen LogP contribution in [0.5, 0.6) is 0 Å². The lowest BCUT2D eigenvalue weighted by molar-refractivity contribution is -0.112. The van der Waals surface area contributed by atoms with E-state index >= 15 is 0 Å². The fourth-order valence-corrected chi connectivity index (χ4v) is 0.808. The molecule has 2 heteroatoms. The molecule has 64 valence electrons. The van der Waals surface area contributed by atoms with Crippen LogP contribution in [0.25, 0.3) is 0 Å². The van der Waals surface area contributed by atoms with Gasteiger partial charge in [-0.15, -0.1) is 0 Å². The first kappa shape index (κ1) is 10.4. The van der Waals surface area contributed by atoms with Crippen molar-refractivity contribution in [2.75, 3.05) is 0 Å². The zero-order chi connectivity index (χ0) is 8.85. The summed E-state index contributed by atoms with van der Waals surface area (Å²) in [5.41, 5.74) is 0. The molecule has 0 radical (unpaired) electrons. The molecule has 0 aromatic rings. The van der Waals surface area contributed by atoms with Crippen LogP contribution in [0.3, 0.4) is 0 Å². The van der Waals surface area contributed by atoms with Gasteiger partial charge in [0.05, 0.1) is 6.10 Å². The number of allylic oxidation sites excluding steroid dienone is 1. The molecule has 0 heterocycles. The van der Waals surface area contributed by atoms with Crippen molar-refractivity contribution in [3.63, 3.8) is 0 Å². The molecule has 0 rings (SSSR count). The summed E-state index contributed by atoms with van der Waals surface area (Å²) in [7, 11) is 0. The van der Waals surface area contributed by atoms with E-state index in [1.165, 1.54) is 13.0 Å². The monoisotopic (exact) mass is 156 g/mol. The van der Waals surface area contributed by atoms with Gasteiger partial charge in [-0.3, -0.25) is 4.79 Å². The maximum atomic E-state index is 10.4. The van der Waals surface area contributed by atoms with E-state index in [2.05, 4.69) is 0 Å². The molecule has 0 aliphatic rings. The summed E-state index contributed by atoms with van der Waals surface area (Å²) < 4.78 is 0. The van der Waals surface area contributed by atoms with Crippen molar-refractivity contribution < 1.29 is 9.90 Å². The van der Waals surface area contributed by atoms with Crippen LogP contribution in [0, 0.1) is 5.92 Å². The smallest absolute Gasteiger partial charge is 0.152 e. The van der Waals surface area contributed by atoms with Gasteiger partial charge in [-0.1, -0.05) is 19.9 Å². The molecule has 2 nitrogen and oxygen atoms in total. The fraction of sp³-hybridized carbons (Fsp3) is 0.667. The molecule has 0 aliphatic carbocycles. The minimum absolute atomic E-state index is 0.0205. The van der Waals surface area contributed by atoms with Gasteiger partial charge in [0.15, 0.2) is 5.78 Å². The lowest BCUT2D eigenvalue weighted by Gasteiger charge is -2.07. The minimum atomic E-state index is -0.473. The highest BCUT2D eigenvalue weighted by Crippen LogP contribution is 2.04. The number of ketones is 1. The first-order valence-corrected chi connectivity index (χ1v) is 3.89. The Morgan fingerprint density at radius 1 is 1.55 bits per heavy atom. The summed E-state index contributed by atoms with van der Waals surface area (Å²) in [6.07, 6.45) is 3.19. The Labute approximate surface area is 67.9 Å². The van der Waals surface area contributed by atoms with Crippen molar-refractivity contribution in [2.45, 2.75) is 33.3 Å². The largest absolute Gasteiger partial charge is 0.389 e. The molecule has 0 amide bonds. The van der Waals surface area contributed by atoms with Crippen molar-refractivity contribution in [3.8, 4) is 0 Å². The molecule has 0 saturated heterocycles. The molecular formula is C9H16O2. The lowest BCUT2D eigenvalue weighted by Crippen LogP contribution is -2.06. The van der Waals surface area contributed by atoms with E-state index in [4.69, 9.17) is 0 Å². The summed E-state index contributed by atoms with van der Waals surface area (Å²) in [5.74, 6) is 0.439. The highest BCUT2D eigenvalue weighted by atomic mass is 16.3. The summed E-state index contributed by atoms with van der Waals surface area (Å²) in [5, 5.41) is 9.23. The average Bonchev–Trinajstić information content (AvgIpc) is 1.82. The molecule has 0 aliphatic heterocycles. The second kappa shape index (κ2) is 5.08. The Kier molecular flexibility index (Phi) is 4.79. The summed E-state index contributed by atoms with van der Waals surface area (Å²) in [4.78, 5) is 10.4. The Morgan fingerprint density at radius 3 is 2.45 bits per heavy atom. The highest BCUT2D eigenvalue weighted by molar-refractivity contribution is 5.87. The second-order valence-electron chi connectivity index (χ2n) is 3.17. The predicted molar refractivity (Wildman–Crippen MR) is 45.3 cm³/mol. The van der Waals surface area contributed by atoms with Crippen LogP contribution >= 0.6 is 0 Å². The third kappa shape index (κ3) is 7.26. The van der Waals surface area contributed by atoms with Crippen LogP contribution in [-0.4, -0.2) is 17.0 Å². The van der Waals surface area contributed by atoms with E-state index in [1.807, 2.05) is 13.8 Å². The van der Waals surface area contributed by atoms with Crippen LogP contribution in [-0.2, 0) is 4.79 Å². The number of carbonyl (C=O) groups excluding carboxylic acids is 1. The van der Waals surface area contributed by atoms with Crippen LogP contribution in [0.15, 0.2) is 12.2 Å². The summed E-state index contributed by atoms with van der Waals surface area (Å²) >= 11 is 0. The van der Waals surface area contributed by atoms with E-state index in [1.54, 1.807) is 6.08 Å². The summed E-state index contributed by atoms with van der Waals surface area (Å²) in [6.45, 7) is 5.54. The van der Waals surface area contributed by atoms with Gasteiger partial charge in [-0.05, 0) is 25.3 Å². The predicted octanol–water partition coefficient (Wildman–Crippen LogP) is 1.54. The lowest BCUT2D eigenvalue weighted by atomic mass is 10.1. The second-order valence-corrected chi connectivity index (χ2v) is 3.17. The van der Waals surface area contributed by atoms with Crippen LogP contribution < -0.4 is 0 Å². The normalized spacial score (nSPS) is 14.3. The van der Waals surface area contributed by atoms with Crippen LogP contribution in [0.2, 0.25) is 0 Å². The number of hydrogen-bond donors (Lipinski definition) is 1. The van der Waals surface area contributed by atoms with Crippen molar-refractivity contribution in [2.24, 2.45) is 5.92 Å². The first-order valence-electron chi connectivity index (χ1n) is 3.89. The van der Waals surface area contributed by atoms with Crippen LogP contribution in [0.4, 0.5) is 0 Å². The van der Waals surface area contributed by atoms with Crippen molar-refractivity contribution in [1.29, 1.82) is 0 Å². The third-order valence-corrected chi connectivity index (χ3v) is 1.27. The molecule has 0 spiro atoms. The fourth-order valence-electron chi connectivity index (χ4n) is 0.808. The number of carbonyl (C=O) groups is 1. The van der Waals surface area contributed by atoms with Crippen molar-refractivity contribution >= 4 is 5.78 Å². The van der Waals surface area contributed by atoms with Gasteiger partial charge < -0.3 is 5.11 Å². The Hall–Kier alpha value is -0.630. The number of hydrogen-bond acceptors (Lipinski definition) is 2. The molecular weight excluding hydrogens is 140 g/mol. The zero-order valence-electron chi connectivity index (χ0n) is 7.37. The Bertz CT molecular complexity index is 148. The quantitative estimate of drug-likeness (QED) is 0.627. The van der Waals surface area contributed by atoms with Gasteiger partial charge in [0.1, 0.15) is 0 Å². The molecule has 1 unspecified atom stereocenters. The molecule has 0 bridgehead atoms. The molecule has 0 saturated carbocycles. The van der Waals surface area contributed by atoms with Gasteiger partial charge in [0.25, 0.3) is 0 Å². The SMILES string of the molecule is CC(=O)C=CC(O)CC(C)C. The van der Waals surface area contributed by atoms with Gasteiger partial charge in [-0.25, -0.2) is 0 Å². The molecule has 0 aromatic carbocycles. The van der Waals surface area contributed by atoms with Crippen LogP contribution in [0.1, 0.15) is 27.2 Å². The third-order valence-electron chi connectivity index (χ3n) is 1.27. The molecule has 0 aromatic heterocycles. The maximum Gasteiger partial charge on any atom is 0.152 e. The van der Waals surface area contributed by atoms with E-state index in [9.17, 15) is 9.90 Å². The molecule has 11 heavy (non-hydrogen) atoms. The van der Waals surface area contributed by atoms with E-state index in [0.717, 1.165) is 0 Å². The van der Waals surface area contributed by atoms with Gasteiger partial charge in [0, 0.05) is 0 Å². The Morgan fingerprint density at radius 2 is 2.09 bits per heavy atom. The first-order chi connectivity index (χ1) is 5.02. The molecule has 0 fully saturated rings. The molecule has 1 N–H and O–H groups in total. The highest BCUT2D eigenvalue weighted by Gasteiger charge is 2.01. The topological polar surface area (TPSA) is 37.3 Å². The van der Waals surface area contributed by atoms with Crippen molar-refractivity contribution in [1.82, 2.24) is 0 Å². The molecule has 1 atom stereocenters. The number of rotatable bonds is 4. The van der Waals surface area contributed by atoms with Gasteiger partial charge in [-0.2, -0.15) is 0 Å². The zero-order valence-corrected chi connectivity index (χ0v) is 7.37.